The zero-order chi connectivity index (χ0) is 10.8. The average molecular weight is 269 g/mol. The van der Waals surface area contributed by atoms with Crippen LogP contribution in [0.2, 0.25) is 0 Å². The van der Waals surface area contributed by atoms with Crippen LogP contribution in [0.5, 0.6) is 0 Å². The van der Waals surface area contributed by atoms with Gasteiger partial charge in [-0.2, -0.15) is 0 Å². The van der Waals surface area contributed by atoms with Crippen molar-refractivity contribution in [2.75, 3.05) is 0 Å². The summed E-state index contributed by atoms with van der Waals surface area (Å²) in [6, 6.07) is 8.29. The van der Waals surface area contributed by atoms with Crippen LogP contribution in [-0.2, 0) is 4.79 Å². The Morgan fingerprint density at radius 3 is 2.80 bits per heavy atom. The van der Waals surface area contributed by atoms with Crippen LogP contribution < -0.4 is 0 Å². The third-order valence-corrected chi connectivity index (χ3v) is 3.51. The Hall–Kier alpha value is -0.830. The monoisotopic (exact) mass is 268 g/mol. The molecule has 0 atom stereocenters. The normalized spacial score (nSPS) is 24.6. The first kappa shape index (κ1) is 10.7. The Morgan fingerprint density at radius 2 is 2.20 bits per heavy atom. The maximum Gasteiger partial charge on any atom is 0.303 e. The van der Waals surface area contributed by atoms with Gasteiger partial charge in [-0.05, 0) is 42.4 Å². The minimum atomic E-state index is -0.673. The molecule has 2 rings (SSSR count). The summed E-state index contributed by atoms with van der Waals surface area (Å²) >= 11 is 3.45. The van der Waals surface area contributed by atoms with E-state index in [1.807, 2.05) is 12.1 Å². The molecule has 80 valence electrons. The Bertz CT molecular complexity index is 370. The van der Waals surface area contributed by atoms with Crippen molar-refractivity contribution in [2.24, 2.45) is 5.92 Å². The van der Waals surface area contributed by atoms with Crippen LogP contribution in [0.15, 0.2) is 28.7 Å². The lowest BCUT2D eigenvalue weighted by Crippen LogP contribution is -2.24. The van der Waals surface area contributed by atoms with Crippen LogP contribution in [0, 0.1) is 5.92 Å². The van der Waals surface area contributed by atoms with E-state index in [1.54, 1.807) is 0 Å². The molecule has 2 nitrogen and oxygen atoms in total. The molecule has 15 heavy (non-hydrogen) atoms. The van der Waals surface area contributed by atoms with Crippen molar-refractivity contribution in [3.63, 3.8) is 0 Å². The maximum atomic E-state index is 10.5. The molecule has 0 spiro atoms. The molecular weight excluding hydrogens is 256 g/mol. The van der Waals surface area contributed by atoms with E-state index in [1.165, 1.54) is 5.56 Å². The van der Waals surface area contributed by atoms with Gasteiger partial charge in [0.15, 0.2) is 0 Å². The zero-order valence-electron chi connectivity index (χ0n) is 8.32. The number of carboxylic acids is 1. The first-order chi connectivity index (χ1) is 7.15. The van der Waals surface area contributed by atoms with Crippen molar-refractivity contribution in [1.29, 1.82) is 0 Å². The van der Waals surface area contributed by atoms with Crippen LogP contribution in [0.4, 0.5) is 0 Å². The summed E-state index contributed by atoms with van der Waals surface area (Å²) in [6.07, 6.45) is 2.36. The number of hydrogen-bond acceptors (Lipinski definition) is 1. The fourth-order valence-electron chi connectivity index (χ4n) is 2.18. The molecule has 0 saturated heterocycles. The number of rotatable bonds is 3. The molecule has 0 bridgehead atoms. The van der Waals surface area contributed by atoms with Crippen LogP contribution >= 0.6 is 15.9 Å². The van der Waals surface area contributed by atoms with Crippen LogP contribution in [0.1, 0.15) is 30.7 Å². The summed E-state index contributed by atoms with van der Waals surface area (Å²) in [5.41, 5.74) is 1.33. The van der Waals surface area contributed by atoms with Gasteiger partial charge >= 0.3 is 5.97 Å². The van der Waals surface area contributed by atoms with Gasteiger partial charge in [0.1, 0.15) is 0 Å². The molecule has 1 aromatic carbocycles. The number of carbonyl (C=O) groups is 1. The fourth-order valence-corrected chi connectivity index (χ4v) is 2.60. The van der Waals surface area contributed by atoms with Gasteiger partial charge in [0.25, 0.3) is 0 Å². The highest BCUT2D eigenvalue weighted by Gasteiger charge is 2.31. The van der Waals surface area contributed by atoms with Crippen molar-refractivity contribution < 1.29 is 9.90 Å². The smallest absolute Gasteiger partial charge is 0.303 e. The van der Waals surface area contributed by atoms with Gasteiger partial charge in [0.05, 0.1) is 0 Å². The van der Waals surface area contributed by atoms with Crippen molar-refractivity contribution >= 4 is 21.9 Å². The summed E-state index contributed by atoms with van der Waals surface area (Å²) in [4.78, 5) is 10.5. The SMILES string of the molecule is O=C(O)CC1CC(c2cccc(Br)c2)C1. The number of aliphatic carboxylic acids is 1. The largest absolute Gasteiger partial charge is 0.481 e. The highest BCUT2D eigenvalue weighted by molar-refractivity contribution is 9.10. The van der Waals surface area contributed by atoms with Gasteiger partial charge in [0, 0.05) is 10.9 Å². The summed E-state index contributed by atoms with van der Waals surface area (Å²) in [7, 11) is 0. The second-order valence-corrected chi connectivity index (χ2v) is 5.10. The first-order valence-corrected chi connectivity index (χ1v) is 5.91. The van der Waals surface area contributed by atoms with Gasteiger partial charge in [0.2, 0.25) is 0 Å². The molecule has 0 unspecified atom stereocenters. The van der Waals surface area contributed by atoms with E-state index < -0.39 is 5.97 Å². The van der Waals surface area contributed by atoms with E-state index in [0.717, 1.165) is 17.3 Å². The lowest BCUT2D eigenvalue weighted by Gasteiger charge is -2.34. The maximum absolute atomic E-state index is 10.5. The van der Waals surface area contributed by atoms with Crippen molar-refractivity contribution in [2.45, 2.75) is 25.2 Å². The van der Waals surface area contributed by atoms with Gasteiger partial charge < -0.3 is 5.11 Å². The van der Waals surface area contributed by atoms with E-state index in [0.29, 0.717) is 18.3 Å². The Balaban J connectivity index is 1.92. The van der Waals surface area contributed by atoms with Crippen molar-refractivity contribution in [3.05, 3.63) is 34.3 Å². The van der Waals surface area contributed by atoms with Gasteiger partial charge in [-0.3, -0.25) is 4.79 Å². The van der Waals surface area contributed by atoms with Gasteiger partial charge in [-0.15, -0.1) is 0 Å². The summed E-state index contributed by atoms with van der Waals surface area (Å²) < 4.78 is 1.10. The summed E-state index contributed by atoms with van der Waals surface area (Å²) in [6.45, 7) is 0. The van der Waals surface area contributed by atoms with E-state index in [9.17, 15) is 4.79 Å². The fraction of sp³-hybridized carbons (Fsp3) is 0.417. The predicted octanol–water partition coefficient (Wildman–Crippen LogP) is 3.42. The Kier molecular flexibility index (Phi) is 3.10. The molecule has 0 radical (unpaired) electrons. The van der Waals surface area contributed by atoms with Crippen LogP contribution in [0.25, 0.3) is 0 Å². The van der Waals surface area contributed by atoms with Crippen molar-refractivity contribution in [3.8, 4) is 0 Å². The molecule has 3 heteroatoms. The Morgan fingerprint density at radius 1 is 1.47 bits per heavy atom. The minimum Gasteiger partial charge on any atom is -0.481 e. The highest BCUT2D eigenvalue weighted by atomic mass is 79.9. The number of hydrogen-bond donors (Lipinski definition) is 1. The number of benzene rings is 1. The third-order valence-electron chi connectivity index (χ3n) is 3.02. The van der Waals surface area contributed by atoms with Crippen LogP contribution in [0.3, 0.4) is 0 Å². The highest BCUT2D eigenvalue weighted by Crippen LogP contribution is 2.43. The topological polar surface area (TPSA) is 37.3 Å². The number of halogens is 1. The molecule has 0 heterocycles. The molecule has 1 aliphatic carbocycles. The molecule has 0 aliphatic heterocycles. The quantitative estimate of drug-likeness (QED) is 0.912. The molecule has 1 N–H and O–H groups in total. The molecule has 1 aromatic rings. The predicted molar refractivity (Wildman–Crippen MR) is 61.9 cm³/mol. The van der Waals surface area contributed by atoms with E-state index in [4.69, 9.17) is 5.11 Å². The first-order valence-electron chi connectivity index (χ1n) is 5.12. The molecular formula is C12H13BrO2. The van der Waals surface area contributed by atoms with E-state index >= 15 is 0 Å². The molecule has 1 aliphatic rings. The molecule has 1 saturated carbocycles. The molecule has 0 aromatic heterocycles. The van der Waals surface area contributed by atoms with E-state index in [-0.39, 0.29) is 0 Å². The second kappa shape index (κ2) is 4.35. The average Bonchev–Trinajstić information content (AvgIpc) is 2.10. The zero-order valence-corrected chi connectivity index (χ0v) is 9.90. The lowest BCUT2D eigenvalue weighted by molar-refractivity contribution is -0.138. The van der Waals surface area contributed by atoms with E-state index in [2.05, 4.69) is 28.1 Å². The number of carboxylic acid groups (broad SMARTS) is 1. The molecule has 0 amide bonds. The standard InChI is InChI=1S/C12H13BrO2/c13-11-3-1-2-9(7-11)10-4-8(5-10)6-12(14)15/h1-3,7-8,10H,4-6H2,(H,14,15). The second-order valence-electron chi connectivity index (χ2n) is 4.19. The lowest BCUT2D eigenvalue weighted by atomic mass is 9.70. The van der Waals surface area contributed by atoms with Crippen molar-refractivity contribution in [1.82, 2.24) is 0 Å². The summed E-state index contributed by atoms with van der Waals surface area (Å²) in [5, 5.41) is 8.64. The van der Waals surface area contributed by atoms with Gasteiger partial charge in [-0.25, -0.2) is 0 Å². The minimum absolute atomic E-state index is 0.324. The third kappa shape index (κ3) is 2.59. The van der Waals surface area contributed by atoms with Gasteiger partial charge in [-0.1, -0.05) is 28.1 Å². The van der Waals surface area contributed by atoms with Crippen LogP contribution in [-0.4, -0.2) is 11.1 Å². The Labute approximate surface area is 97.4 Å². The summed E-state index contributed by atoms with van der Waals surface area (Å²) in [5.74, 6) is 0.269. The molecule has 1 fully saturated rings.